The van der Waals surface area contributed by atoms with Crippen molar-refractivity contribution in [3.05, 3.63) is 35.1 Å². The monoisotopic (exact) mass is 416 g/mol. The molecule has 0 aromatic rings. The van der Waals surface area contributed by atoms with Crippen LogP contribution in [0.5, 0.6) is 0 Å². The van der Waals surface area contributed by atoms with Gasteiger partial charge in [0, 0.05) is 7.11 Å². The topological polar surface area (TPSA) is 38.7 Å². The zero-order valence-electron chi connectivity index (χ0n) is 20.3. The van der Waals surface area contributed by atoms with Crippen molar-refractivity contribution in [2.24, 2.45) is 34.5 Å². The highest BCUT2D eigenvalue weighted by Crippen LogP contribution is 2.63. The molecule has 0 saturated heterocycles. The molecule has 0 amide bonds. The van der Waals surface area contributed by atoms with Gasteiger partial charge in [-0.1, -0.05) is 72.5 Å². The quantitative estimate of drug-likeness (QED) is 0.336. The van der Waals surface area contributed by atoms with Crippen molar-refractivity contribution in [2.75, 3.05) is 20.8 Å². The first-order valence-corrected chi connectivity index (χ1v) is 12.0. The van der Waals surface area contributed by atoms with E-state index in [2.05, 4.69) is 52.8 Å². The number of hydrogen-bond acceptors (Lipinski definition) is 3. The predicted octanol–water partition coefficient (Wildman–Crippen LogP) is 6.30. The number of allylic oxidation sites excluding steroid dienone is 3. The SMILES string of the molecule is CCCCCCC(C)(C)C1=CC(OC)C([C@H]2C=C(CO)[C@H]3C[C@@H]2C3(C)C)C(OC)=C1. The van der Waals surface area contributed by atoms with E-state index in [-0.39, 0.29) is 29.5 Å². The second-order valence-corrected chi connectivity index (χ2v) is 11.0. The zero-order chi connectivity index (χ0) is 22.1. The van der Waals surface area contributed by atoms with Gasteiger partial charge in [0.25, 0.3) is 0 Å². The maximum atomic E-state index is 9.99. The molecular formula is C27H44O3. The fourth-order valence-corrected chi connectivity index (χ4v) is 6.36. The minimum atomic E-state index is 0.00371. The number of methoxy groups -OCH3 is 2. The van der Waals surface area contributed by atoms with Gasteiger partial charge in [0.2, 0.25) is 0 Å². The van der Waals surface area contributed by atoms with Crippen molar-refractivity contribution >= 4 is 0 Å². The van der Waals surface area contributed by atoms with Crippen LogP contribution in [0.3, 0.4) is 0 Å². The average molecular weight is 417 g/mol. The maximum absolute atomic E-state index is 9.99. The molecule has 0 aromatic heterocycles. The first kappa shape index (κ1) is 23.6. The lowest BCUT2D eigenvalue weighted by molar-refractivity contribution is -0.0779. The average Bonchev–Trinajstić information content (AvgIpc) is 2.74. The standard InChI is InChI=1S/C27H44O3/c1-8-9-10-11-12-26(2,3)19-14-23(29-6)25(24(15-19)30-7)20-13-18(17-28)21-16-22(20)27(21,4)5/h13-15,20-23,25,28H,8-12,16-17H2,1-7H3/t20-,21+,22-,23?,25?/m0/s1. The number of hydrogen-bond donors (Lipinski definition) is 1. The summed E-state index contributed by atoms with van der Waals surface area (Å²) < 4.78 is 12.1. The van der Waals surface area contributed by atoms with Crippen LogP contribution in [0.4, 0.5) is 0 Å². The Morgan fingerprint density at radius 2 is 1.87 bits per heavy atom. The van der Waals surface area contributed by atoms with Crippen molar-refractivity contribution in [2.45, 2.75) is 79.2 Å². The van der Waals surface area contributed by atoms with Gasteiger partial charge in [0.15, 0.2) is 0 Å². The Labute approximate surface area is 184 Å². The molecule has 0 heterocycles. The van der Waals surface area contributed by atoms with Crippen LogP contribution >= 0.6 is 0 Å². The maximum Gasteiger partial charge on any atom is 0.102 e. The molecule has 1 N–H and O–H groups in total. The largest absolute Gasteiger partial charge is 0.501 e. The number of aliphatic hydroxyl groups excluding tert-OH is 1. The van der Waals surface area contributed by atoms with E-state index in [0.717, 1.165) is 5.76 Å². The second kappa shape index (κ2) is 9.20. The summed E-state index contributed by atoms with van der Waals surface area (Å²) in [6.07, 6.45) is 14.5. The highest BCUT2D eigenvalue weighted by atomic mass is 16.5. The molecule has 4 rings (SSSR count). The molecule has 4 aliphatic carbocycles. The molecule has 0 radical (unpaired) electrons. The van der Waals surface area contributed by atoms with Crippen LogP contribution in [0.15, 0.2) is 35.1 Å². The van der Waals surface area contributed by atoms with Gasteiger partial charge in [0.05, 0.1) is 25.7 Å². The molecule has 30 heavy (non-hydrogen) atoms. The summed E-state index contributed by atoms with van der Waals surface area (Å²) in [4.78, 5) is 0. The van der Waals surface area contributed by atoms with E-state index in [9.17, 15) is 5.11 Å². The molecule has 5 atom stereocenters. The fraction of sp³-hybridized carbons (Fsp3) is 0.778. The van der Waals surface area contributed by atoms with Gasteiger partial charge in [-0.15, -0.1) is 0 Å². The van der Waals surface area contributed by atoms with Gasteiger partial charge in [-0.05, 0) is 58.6 Å². The molecule has 3 heteroatoms. The first-order chi connectivity index (χ1) is 14.2. The molecule has 2 unspecified atom stereocenters. The summed E-state index contributed by atoms with van der Waals surface area (Å²) in [5.41, 5.74) is 2.89. The molecule has 0 spiro atoms. The summed E-state index contributed by atoms with van der Waals surface area (Å²) >= 11 is 0. The lowest BCUT2D eigenvalue weighted by atomic mass is 9.44. The third-order valence-electron chi connectivity index (χ3n) is 8.53. The minimum absolute atomic E-state index is 0.00371. The third-order valence-corrected chi connectivity index (χ3v) is 8.53. The lowest BCUT2D eigenvalue weighted by Crippen LogP contribution is -2.55. The highest BCUT2D eigenvalue weighted by molar-refractivity contribution is 5.37. The minimum Gasteiger partial charge on any atom is -0.501 e. The Morgan fingerprint density at radius 1 is 1.13 bits per heavy atom. The number of aliphatic hydroxyl groups is 1. The van der Waals surface area contributed by atoms with Crippen LogP contribution in [-0.2, 0) is 9.47 Å². The van der Waals surface area contributed by atoms with Gasteiger partial charge in [-0.3, -0.25) is 0 Å². The summed E-state index contributed by atoms with van der Waals surface area (Å²) in [5.74, 6) is 2.69. The first-order valence-electron chi connectivity index (χ1n) is 12.0. The molecule has 1 fully saturated rings. The van der Waals surface area contributed by atoms with E-state index in [1.165, 1.54) is 49.7 Å². The van der Waals surface area contributed by atoms with E-state index >= 15 is 0 Å². The Bertz CT molecular complexity index is 697. The zero-order valence-corrected chi connectivity index (χ0v) is 20.3. The summed E-state index contributed by atoms with van der Waals surface area (Å²) in [7, 11) is 3.63. The summed E-state index contributed by atoms with van der Waals surface area (Å²) in [6, 6.07) is 0. The highest BCUT2D eigenvalue weighted by Gasteiger charge is 2.58. The van der Waals surface area contributed by atoms with Gasteiger partial charge in [-0.25, -0.2) is 0 Å². The number of fused-ring (bicyclic) bond motifs is 1. The Kier molecular flexibility index (Phi) is 7.24. The Morgan fingerprint density at radius 3 is 2.43 bits per heavy atom. The molecule has 0 aliphatic heterocycles. The predicted molar refractivity (Wildman–Crippen MR) is 124 cm³/mol. The Hall–Kier alpha value is -1.06. The van der Waals surface area contributed by atoms with Crippen molar-refractivity contribution < 1.29 is 14.6 Å². The van der Waals surface area contributed by atoms with E-state index in [4.69, 9.17) is 9.47 Å². The van der Waals surface area contributed by atoms with E-state index in [0.29, 0.717) is 17.8 Å². The van der Waals surface area contributed by atoms with Crippen molar-refractivity contribution in [1.82, 2.24) is 0 Å². The molecule has 3 nitrogen and oxygen atoms in total. The molecule has 4 aliphatic rings. The summed E-state index contributed by atoms with van der Waals surface area (Å²) in [5, 5.41) is 9.99. The van der Waals surface area contributed by atoms with Crippen LogP contribution in [0, 0.1) is 34.5 Å². The van der Waals surface area contributed by atoms with Crippen molar-refractivity contribution in [1.29, 1.82) is 0 Å². The van der Waals surface area contributed by atoms with E-state index < -0.39 is 0 Å². The van der Waals surface area contributed by atoms with Gasteiger partial charge < -0.3 is 14.6 Å². The van der Waals surface area contributed by atoms with Crippen molar-refractivity contribution in [3.63, 3.8) is 0 Å². The van der Waals surface area contributed by atoms with E-state index in [1.807, 2.05) is 7.11 Å². The number of unbranched alkanes of at least 4 members (excludes halogenated alkanes) is 3. The van der Waals surface area contributed by atoms with Crippen LogP contribution in [0.1, 0.15) is 73.1 Å². The third kappa shape index (κ3) is 4.17. The number of ether oxygens (including phenoxy) is 2. The number of rotatable bonds is 10. The molecule has 0 aromatic carbocycles. The molecule has 170 valence electrons. The normalized spacial score (nSPS) is 32.7. The molecule has 1 saturated carbocycles. The molecule has 2 bridgehead atoms. The van der Waals surface area contributed by atoms with Crippen LogP contribution in [-0.4, -0.2) is 32.0 Å². The smallest absolute Gasteiger partial charge is 0.102 e. The van der Waals surface area contributed by atoms with Gasteiger partial charge >= 0.3 is 0 Å². The second-order valence-electron chi connectivity index (χ2n) is 11.0. The Balaban J connectivity index is 1.87. The van der Waals surface area contributed by atoms with Crippen LogP contribution in [0.25, 0.3) is 0 Å². The fourth-order valence-electron chi connectivity index (χ4n) is 6.36. The lowest BCUT2D eigenvalue weighted by Gasteiger charge is -2.61. The van der Waals surface area contributed by atoms with Gasteiger partial charge in [-0.2, -0.15) is 0 Å². The van der Waals surface area contributed by atoms with Crippen LogP contribution in [0.2, 0.25) is 0 Å². The van der Waals surface area contributed by atoms with Crippen LogP contribution < -0.4 is 0 Å². The summed E-state index contributed by atoms with van der Waals surface area (Å²) in [6.45, 7) is 11.9. The van der Waals surface area contributed by atoms with Gasteiger partial charge in [0.1, 0.15) is 5.76 Å². The van der Waals surface area contributed by atoms with E-state index in [1.54, 1.807) is 7.11 Å². The van der Waals surface area contributed by atoms with Crippen molar-refractivity contribution in [3.8, 4) is 0 Å². The molecular weight excluding hydrogens is 372 g/mol.